The lowest BCUT2D eigenvalue weighted by atomic mass is 10.1. The van der Waals surface area contributed by atoms with Crippen LogP contribution < -0.4 is 5.32 Å². The summed E-state index contributed by atoms with van der Waals surface area (Å²) < 4.78 is 43.0. The number of hydrogen-bond donors (Lipinski definition) is 1. The minimum Gasteiger partial charge on any atom is -0.344 e. The van der Waals surface area contributed by atoms with E-state index in [1.807, 2.05) is 18.5 Å². The zero-order valence-corrected chi connectivity index (χ0v) is 16.3. The van der Waals surface area contributed by atoms with Gasteiger partial charge in [-0.25, -0.2) is 9.50 Å². The van der Waals surface area contributed by atoms with E-state index in [1.54, 1.807) is 13.1 Å². The summed E-state index contributed by atoms with van der Waals surface area (Å²) in [6, 6.07) is 1.96. The van der Waals surface area contributed by atoms with E-state index in [9.17, 15) is 18.0 Å². The Morgan fingerprint density at radius 1 is 1.34 bits per heavy atom. The maximum absolute atomic E-state index is 13.5. The van der Waals surface area contributed by atoms with Gasteiger partial charge in [-0.2, -0.15) is 23.4 Å². The molecule has 1 aliphatic rings. The summed E-state index contributed by atoms with van der Waals surface area (Å²) in [5, 5.41) is 10.9. The molecule has 10 heteroatoms. The van der Waals surface area contributed by atoms with Crippen molar-refractivity contribution < 1.29 is 18.0 Å². The van der Waals surface area contributed by atoms with Crippen LogP contribution >= 0.6 is 0 Å². The highest BCUT2D eigenvalue weighted by Gasteiger charge is 2.37. The predicted octanol–water partition coefficient (Wildman–Crippen LogP) is 3.64. The molecule has 3 heterocycles. The first-order valence-electron chi connectivity index (χ1n) is 9.50. The van der Waals surface area contributed by atoms with Gasteiger partial charge in [0.15, 0.2) is 11.3 Å². The number of aryl methyl sites for hydroxylation is 1. The number of halogens is 3. The number of carbonyl (C=O) groups is 1. The van der Waals surface area contributed by atoms with Crippen LogP contribution in [0, 0.1) is 6.92 Å². The fourth-order valence-electron chi connectivity index (χ4n) is 3.45. The van der Waals surface area contributed by atoms with Crippen molar-refractivity contribution in [1.29, 1.82) is 0 Å². The van der Waals surface area contributed by atoms with E-state index in [0.717, 1.165) is 30.2 Å². The van der Waals surface area contributed by atoms with Gasteiger partial charge in [-0.15, -0.1) is 0 Å². The molecule has 154 valence electrons. The smallest absolute Gasteiger partial charge is 0.344 e. The summed E-state index contributed by atoms with van der Waals surface area (Å²) in [6.45, 7) is 6.36. The Hall–Kier alpha value is -2.91. The van der Waals surface area contributed by atoms with Crippen LogP contribution in [-0.2, 0) is 12.7 Å². The second-order valence-corrected chi connectivity index (χ2v) is 7.33. The van der Waals surface area contributed by atoms with Crippen molar-refractivity contribution in [3.63, 3.8) is 0 Å². The summed E-state index contributed by atoms with van der Waals surface area (Å²) >= 11 is 0. The monoisotopic (exact) mass is 406 g/mol. The first-order valence-corrected chi connectivity index (χ1v) is 9.50. The third kappa shape index (κ3) is 3.58. The quantitative estimate of drug-likeness (QED) is 0.702. The van der Waals surface area contributed by atoms with Crippen LogP contribution in [0.2, 0.25) is 0 Å². The fraction of sp³-hybridized carbons (Fsp3) is 0.474. The van der Waals surface area contributed by atoms with Crippen molar-refractivity contribution in [1.82, 2.24) is 29.7 Å². The molecule has 0 radical (unpaired) electrons. The molecule has 29 heavy (non-hydrogen) atoms. The minimum absolute atomic E-state index is 0.0227. The molecule has 0 bridgehead atoms. The highest BCUT2D eigenvalue weighted by Crippen LogP contribution is 2.41. The van der Waals surface area contributed by atoms with Gasteiger partial charge in [-0.3, -0.25) is 9.48 Å². The largest absolute Gasteiger partial charge is 0.433 e. The zero-order valence-electron chi connectivity index (χ0n) is 16.3. The van der Waals surface area contributed by atoms with Crippen molar-refractivity contribution in [2.45, 2.75) is 58.3 Å². The number of nitrogens with zero attached hydrogens (tertiary/aromatic N) is 5. The van der Waals surface area contributed by atoms with Crippen LogP contribution in [0.1, 0.15) is 71.8 Å². The molecule has 1 fully saturated rings. The normalized spacial score (nSPS) is 15.7. The molecule has 1 unspecified atom stereocenters. The van der Waals surface area contributed by atoms with Gasteiger partial charge in [-0.1, -0.05) is 0 Å². The lowest BCUT2D eigenvalue weighted by Crippen LogP contribution is -2.27. The standard InChI is InChI=1S/C19H21F3N6O/c1-4-27-11(3)13(9-23-27)10(2)24-18(29)15-8-17-25-14(12-5-6-12)7-16(19(20,21)22)28(17)26-15/h7-10,12H,4-6H2,1-3H3,(H,24,29). The minimum atomic E-state index is -4.59. The number of rotatable bonds is 5. The SMILES string of the molecule is CCn1ncc(C(C)NC(=O)c2cc3nc(C4CC4)cc(C(F)(F)F)n3n2)c1C. The van der Waals surface area contributed by atoms with E-state index in [0.29, 0.717) is 16.8 Å². The maximum atomic E-state index is 13.5. The summed E-state index contributed by atoms with van der Waals surface area (Å²) in [4.78, 5) is 16.9. The Morgan fingerprint density at radius 3 is 2.66 bits per heavy atom. The van der Waals surface area contributed by atoms with Crippen LogP contribution in [-0.4, -0.2) is 30.3 Å². The van der Waals surface area contributed by atoms with Gasteiger partial charge in [0.1, 0.15) is 5.69 Å². The van der Waals surface area contributed by atoms with Gasteiger partial charge < -0.3 is 5.32 Å². The predicted molar refractivity (Wildman–Crippen MR) is 98.5 cm³/mol. The van der Waals surface area contributed by atoms with Crippen molar-refractivity contribution >= 4 is 11.6 Å². The lowest BCUT2D eigenvalue weighted by molar-refractivity contribution is -0.142. The number of nitrogens with one attached hydrogen (secondary N) is 1. The topological polar surface area (TPSA) is 77.1 Å². The van der Waals surface area contributed by atoms with Gasteiger partial charge in [0, 0.05) is 35.5 Å². The van der Waals surface area contributed by atoms with Gasteiger partial charge >= 0.3 is 6.18 Å². The molecule has 1 saturated carbocycles. The molecule has 7 nitrogen and oxygen atoms in total. The van der Waals surface area contributed by atoms with Crippen molar-refractivity contribution in [3.05, 3.63) is 46.7 Å². The summed E-state index contributed by atoms with van der Waals surface area (Å²) in [6.07, 6.45) is -1.27. The zero-order chi connectivity index (χ0) is 20.9. The molecular formula is C19H21F3N6O. The fourth-order valence-corrected chi connectivity index (χ4v) is 3.45. The molecule has 3 aromatic heterocycles. The molecular weight excluding hydrogens is 385 g/mol. The van der Waals surface area contributed by atoms with Crippen molar-refractivity contribution in [2.75, 3.05) is 0 Å². The molecule has 0 aromatic carbocycles. The van der Waals surface area contributed by atoms with Crippen molar-refractivity contribution in [2.24, 2.45) is 0 Å². The number of carbonyl (C=O) groups excluding carboxylic acids is 1. The molecule has 1 aliphatic carbocycles. The van der Waals surface area contributed by atoms with Crippen LogP contribution in [0.3, 0.4) is 0 Å². The molecule has 1 N–H and O–H groups in total. The lowest BCUT2D eigenvalue weighted by Gasteiger charge is -2.13. The van der Waals surface area contributed by atoms with E-state index in [4.69, 9.17) is 0 Å². The highest BCUT2D eigenvalue weighted by molar-refractivity contribution is 5.93. The van der Waals surface area contributed by atoms with E-state index in [1.165, 1.54) is 6.07 Å². The van der Waals surface area contributed by atoms with E-state index < -0.39 is 17.8 Å². The van der Waals surface area contributed by atoms with Crippen LogP contribution in [0.5, 0.6) is 0 Å². The van der Waals surface area contributed by atoms with Gasteiger partial charge in [0.2, 0.25) is 0 Å². The number of fused-ring (bicyclic) bond motifs is 1. The Kier molecular flexibility index (Phi) is 4.59. The Labute approximate surface area is 164 Å². The van der Waals surface area contributed by atoms with Gasteiger partial charge in [0.25, 0.3) is 5.91 Å². The second kappa shape index (κ2) is 6.85. The number of aromatic nitrogens is 5. The Morgan fingerprint density at radius 2 is 2.07 bits per heavy atom. The molecule has 4 rings (SSSR count). The molecule has 1 amide bonds. The number of alkyl halides is 3. The van der Waals surface area contributed by atoms with Crippen LogP contribution in [0.4, 0.5) is 13.2 Å². The molecule has 1 atom stereocenters. The molecule has 3 aromatic rings. The first-order chi connectivity index (χ1) is 13.7. The van der Waals surface area contributed by atoms with E-state index >= 15 is 0 Å². The van der Waals surface area contributed by atoms with Gasteiger partial charge in [-0.05, 0) is 39.7 Å². The van der Waals surface area contributed by atoms with E-state index in [2.05, 4.69) is 20.5 Å². The first kappa shape index (κ1) is 19.4. The number of hydrogen-bond acceptors (Lipinski definition) is 4. The maximum Gasteiger partial charge on any atom is 0.433 e. The van der Waals surface area contributed by atoms with Gasteiger partial charge in [0.05, 0.1) is 12.2 Å². The average Bonchev–Trinajstić information content (AvgIpc) is 3.30. The Balaban J connectivity index is 1.65. The third-order valence-electron chi connectivity index (χ3n) is 5.22. The molecule has 0 aliphatic heterocycles. The summed E-state index contributed by atoms with van der Waals surface area (Å²) in [5.41, 5.74) is 1.15. The highest BCUT2D eigenvalue weighted by atomic mass is 19.4. The van der Waals surface area contributed by atoms with Crippen molar-refractivity contribution in [3.8, 4) is 0 Å². The number of amides is 1. The van der Waals surface area contributed by atoms with Crippen LogP contribution in [0.25, 0.3) is 5.65 Å². The third-order valence-corrected chi connectivity index (χ3v) is 5.22. The summed E-state index contributed by atoms with van der Waals surface area (Å²) in [7, 11) is 0. The average molecular weight is 406 g/mol. The molecule has 0 spiro atoms. The van der Waals surface area contributed by atoms with Crippen LogP contribution in [0.15, 0.2) is 18.3 Å². The Bertz CT molecular complexity index is 1080. The van der Waals surface area contributed by atoms with E-state index in [-0.39, 0.29) is 23.3 Å². The second-order valence-electron chi connectivity index (χ2n) is 7.33. The summed E-state index contributed by atoms with van der Waals surface area (Å²) in [5.74, 6) is -0.515. The molecule has 0 saturated heterocycles.